The van der Waals surface area contributed by atoms with E-state index in [4.69, 9.17) is 0 Å². The molecule has 1 saturated heterocycles. The van der Waals surface area contributed by atoms with Crippen molar-refractivity contribution in [2.24, 2.45) is 5.92 Å². The van der Waals surface area contributed by atoms with E-state index in [9.17, 15) is 9.59 Å². The van der Waals surface area contributed by atoms with Crippen molar-refractivity contribution in [2.75, 3.05) is 19.6 Å². The van der Waals surface area contributed by atoms with Crippen LogP contribution >= 0.6 is 11.3 Å². The molecule has 0 spiro atoms. The Morgan fingerprint density at radius 1 is 1.00 bits per heavy atom. The van der Waals surface area contributed by atoms with E-state index in [0.29, 0.717) is 6.54 Å². The molecular weight excluding hydrogens is 442 g/mol. The van der Waals surface area contributed by atoms with E-state index < -0.39 is 0 Å². The highest BCUT2D eigenvalue weighted by Gasteiger charge is 2.34. The molecule has 1 aliphatic rings. The lowest BCUT2D eigenvalue weighted by atomic mass is 9.90. The number of thiophene rings is 1. The van der Waals surface area contributed by atoms with E-state index in [2.05, 4.69) is 26.6 Å². The molecule has 6 heteroatoms. The summed E-state index contributed by atoms with van der Waals surface area (Å²) in [5.41, 5.74) is 2.69. The lowest BCUT2D eigenvalue weighted by Crippen LogP contribution is -2.44. The summed E-state index contributed by atoms with van der Waals surface area (Å²) in [6.07, 6.45) is 4.22. The summed E-state index contributed by atoms with van der Waals surface area (Å²) in [5.74, 6) is 0.233. The molecule has 1 aliphatic heterocycles. The number of aromatic amines is 1. The number of piperidine rings is 1. The Balaban J connectivity index is 1.28. The summed E-state index contributed by atoms with van der Waals surface area (Å²) in [6, 6.07) is 21.7. The second kappa shape index (κ2) is 10.4. The second-order valence-corrected chi connectivity index (χ2v) is 9.89. The number of nitrogens with zero attached hydrogens (tertiary/aromatic N) is 1. The van der Waals surface area contributed by atoms with E-state index in [0.717, 1.165) is 54.4 Å². The number of benzene rings is 2. The van der Waals surface area contributed by atoms with Crippen LogP contribution in [0, 0.1) is 5.92 Å². The van der Waals surface area contributed by atoms with Crippen LogP contribution < -0.4 is 5.32 Å². The van der Waals surface area contributed by atoms with E-state index >= 15 is 0 Å². The number of H-pyrrole nitrogens is 1. The summed E-state index contributed by atoms with van der Waals surface area (Å²) < 4.78 is 0. The van der Waals surface area contributed by atoms with Crippen LogP contribution in [-0.4, -0.2) is 41.2 Å². The molecule has 0 saturated carbocycles. The molecule has 34 heavy (non-hydrogen) atoms. The minimum atomic E-state index is -0.358. The Morgan fingerprint density at radius 3 is 2.53 bits per heavy atom. The number of Topliss-reactive ketones (excluding diaryl/α,β-unsaturated/α-hetero) is 1. The number of fused-ring (bicyclic) bond motifs is 1. The molecule has 2 aromatic heterocycles. The van der Waals surface area contributed by atoms with Crippen molar-refractivity contribution in [3.8, 4) is 0 Å². The minimum Gasteiger partial charge on any atom is -0.360 e. The van der Waals surface area contributed by atoms with Crippen LogP contribution in [0.2, 0.25) is 0 Å². The molecule has 4 aromatic rings. The fraction of sp³-hybridized carbons (Fsp3) is 0.286. The molecule has 0 aliphatic carbocycles. The van der Waals surface area contributed by atoms with Gasteiger partial charge in [-0.15, -0.1) is 11.3 Å². The predicted octanol–water partition coefficient (Wildman–Crippen LogP) is 5.22. The summed E-state index contributed by atoms with van der Waals surface area (Å²) >= 11 is 1.72. The first kappa shape index (κ1) is 22.6. The number of carbonyl (C=O) groups is 2. The Hall–Kier alpha value is -3.22. The van der Waals surface area contributed by atoms with E-state index in [-0.39, 0.29) is 23.7 Å². The SMILES string of the molecule is O=C(NCCc1cccs1)C1CCN(C(C(=O)c2c[nH]c3ccccc23)c2ccccc2)CC1. The van der Waals surface area contributed by atoms with Gasteiger partial charge in [-0.05, 0) is 55.4 Å². The molecule has 1 fully saturated rings. The molecule has 1 amide bonds. The van der Waals surface area contributed by atoms with Crippen molar-refractivity contribution in [3.05, 3.63) is 94.3 Å². The largest absolute Gasteiger partial charge is 0.360 e. The first-order valence-corrected chi connectivity index (χ1v) is 12.8. The number of carbonyl (C=O) groups excluding carboxylic acids is 2. The Kier molecular flexibility index (Phi) is 6.88. The molecule has 2 N–H and O–H groups in total. The van der Waals surface area contributed by atoms with Gasteiger partial charge < -0.3 is 10.3 Å². The van der Waals surface area contributed by atoms with Crippen molar-refractivity contribution in [1.82, 2.24) is 15.2 Å². The van der Waals surface area contributed by atoms with E-state index in [1.165, 1.54) is 4.88 Å². The van der Waals surface area contributed by atoms with Crippen molar-refractivity contribution in [1.29, 1.82) is 0 Å². The van der Waals surface area contributed by atoms with Crippen LogP contribution in [0.15, 0.2) is 78.3 Å². The van der Waals surface area contributed by atoms with Crippen molar-refractivity contribution < 1.29 is 9.59 Å². The van der Waals surface area contributed by atoms with Crippen LogP contribution in [-0.2, 0) is 11.2 Å². The van der Waals surface area contributed by atoms with Gasteiger partial charge in [0.05, 0.1) is 6.04 Å². The van der Waals surface area contributed by atoms with Gasteiger partial charge in [0.1, 0.15) is 0 Å². The van der Waals surface area contributed by atoms with E-state index in [1.807, 2.05) is 66.9 Å². The van der Waals surface area contributed by atoms with Crippen LogP contribution in [0.25, 0.3) is 10.9 Å². The Bertz CT molecular complexity index is 1240. The smallest absolute Gasteiger partial charge is 0.223 e. The lowest BCUT2D eigenvalue weighted by molar-refractivity contribution is -0.126. The topological polar surface area (TPSA) is 65.2 Å². The van der Waals surface area contributed by atoms with Gasteiger partial charge in [-0.1, -0.05) is 54.6 Å². The molecule has 1 unspecified atom stereocenters. The molecule has 3 heterocycles. The number of nitrogens with one attached hydrogen (secondary N) is 2. The van der Waals surface area contributed by atoms with Gasteiger partial charge >= 0.3 is 0 Å². The standard InChI is InChI=1S/C28H29N3O2S/c32-27(24-19-30-25-11-5-4-10-23(24)25)26(20-7-2-1-3-8-20)31-16-13-21(14-17-31)28(33)29-15-12-22-9-6-18-34-22/h1-11,18-19,21,26,30H,12-17H2,(H,29,33). The van der Waals surface area contributed by atoms with Gasteiger partial charge in [0.15, 0.2) is 5.78 Å². The highest BCUT2D eigenvalue weighted by Crippen LogP contribution is 2.32. The fourth-order valence-corrected chi connectivity index (χ4v) is 5.62. The average molecular weight is 472 g/mol. The van der Waals surface area contributed by atoms with Gasteiger partial charge in [0.25, 0.3) is 0 Å². The third-order valence-corrected chi connectivity index (χ3v) is 7.67. The Labute approximate surface area is 203 Å². The maximum Gasteiger partial charge on any atom is 0.223 e. The van der Waals surface area contributed by atoms with Crippen LogP contribution in [0.5, 0.6) is 0 Å². The lowest BCUT2D eigenvalue weighted by Gasteiger charge is -2.36. The Morgan fingerprint density at radius 2 is 1.76 bits per heavy atom. The summed E-state index contributed by atoms with van der Waals surface area (Å²) in [7, 11) is 0. The highest BCUT2D eigenvalue weighted by molar-refractivity contribution is 7.09. The number of hydrogen-bond acceptors (Lipinski definition) is 4. The first-order valence-electron chi connectivity index (χ1n) is 11.9. The van der Waals surface area contributed by atoms with Crippen molar-refractivity contribution in [3.63, 3.8) is 0 Å². The number of amides is 1. The van der Waals surface area contributed by atoms with Gasteiger partial charge in [-0.25, -0.2) is 0 Å². The molecule has 0 bridgehead atoms. The third kappa shape index (κ3) is 4.83. The second-order valence-electron chi connectivity index (χ2n) is 8.86. The number of rotatable bonds is 8. The zero-order chi connectivity index (χ0) is 23.3. The van der Waals surface area contributed by atoms with Crippen LogP contribution in [0.3, 0.4) is 0 Å². The van der Waals surface area contributed by atoms with E-state index in [1.54, 1.807) is 11.3 Å². The summed E-state index contributed by atoms with van der Waals surface area (Å²) in [6.45, 7) is 2.11. The number of ketones is 1. The zero-order valence-corrected chi connectivity index (χ0v) is 19.9. The third-order valence-electron chi connectivity index (χ3n) is 6.73. The first-order chi connectivity index (χ1) is 16.7. The molecule has 5 nitrogen and oxygen atoms in total. The number of likely N-dealkylation sites (tertiary alicyclic amines) is 1. The zero-order valence-electron chi connectivity index (χ0n) is 19.1. The normalized spacial score (nSPS) is 15.9. The fourth-order valence-electron chi connectivity index (χ4n) is 4.91. The molecule has 5 rings (SSSR count). The average Bonchev–Trinajstić information content (AvgIpc) is 3.55. The van der Waals surface area contributed by atoms with Crippen molar-refractivity contribution in [2.45, 2.75) is 25.3 Å². The van der Waals surface area contributed by atoms with Gasteiger partial charge in [0.2, 0.25) is 5.91 Å². The minimum absolute atomic E-state index is 0.000741. The molecule has 174 valence electrons. The highest BCUT2D eigenvalue weighted by atomic mass is 32.1. The summed E-state index contributed by atoms with van der Waals surface area (Å²) in [4.78, 5) is 33.4. The molecule has 0 radical (unpaired) electrons. The van der Waals surface area contributed by atoms with Gasteiger partial charge in [-0.3, -0.25) is 14.5 Å². The monoisotopic (exact) mass is 471 g/mol. The molecule has 2 aromatic carbocycles. The van der Waals surface area contributed by atoms with Gasteiger partial charge in [-0.2, -0.15) is 0 Å². The van der Waals surface area contributed by atoms with Gasteiger partial charge in [0, 0.05) is 40.0 Å². The van der Waals surface area contributed by atoms with Crippen LogP contribution in [0.1, 0.15) is 39.7 Å². The van der Waals surface area contributed by atoms with Crippen molar-refractivity contribution >= 4 is 33.9 Å². The summed E-state index contributed by atoms with van der Waals surface area (Å²) in [5, 5.41) is 6.13. The molecule has 1 atom stereocenters. The molecular formula is C28H29N3O2S. The number of aromatic nitrogens is 1. The number of hydrogen-bond donors (Lipinski definition) is 2. The number of para-hydroxylation sites is 1. The quantitative estimate of drug-likeness (QED) is 0.346. The maximum atomic E-state index is 13.8. The van der Waals surface area contributed by atoms with Crippen LogP contribution in [0.4, 0.5) is 0 Å². The predicted molar refractivity (Wildman–Crippen MR) is 137 cm³/mol. The maximum absolute atomic E-state index is 13.8.